The number of nitrogens with zero attached hydrogens (tertiary/aromatic N) is 1. The van der Waals surface area contributed by atoms with E-state index in [0.717, 1.165) is 25.9 Å². The monoisotopic (exact) mass is 328 g/mol. The zero-order valence-corrected chi connectivity index (χ0v) is 13.1. The van der Waals surface area contributed by atoms with Crippen LogP contribution in [-0.4, -0.2) is 41.6 Å². The highest BCUT2D eigenvalue weighted by Gasteiger charge is 2.34. The molecular weight excluding hydrogens is 311 g/mol. The number of hydrogen-bond donors (Lipinski definition) is 2. The van der Waals surface area contributed by atoms with Gasteiger partial charge in [0.2, 0.25) is 5.91 Å². The minimum atomic E-state index is -0.0608. The average Bonchev–Trinajstić information content (AvgIpc) is 2.97. The molecule has 2 fully saturated rings. The summed E-state index contributed by atoms with van der Waals surface area (Å²) >= 11 is 12.2. The first kappa shape index (κ1) is 14.9. The number of aromatic hydroxyl groups is 1. The highest BCUT2D eigenvalue weighted by atomic mass is 35.5. The predicted octanol–water partition coefficient (Wildman–Crippen LogP) is 2.77. The summed E-state index contributed by atoms with van der Waals surface area (Å²) in [4.78, 5) is 14.4. The van der Waals surface area contributed by atoms with Gasteiger partial charge >= 0.3 is 0 Å². The van der Waals surface area contributed by atoms with Gasteiger partial charge in [0.05, 0.1) is 10.0 Å². The average molecular weight is 329 g/mol. The molecule has 2 aliphatic heterocycles. The third-order valence-electron chi connectivity index (χ3n) is 4.45. The zero-order valence-electron chi connectivity index (χ0n) is 11.6. The maximum Gasteiger partial charge on any atom is 0.223 e. The van der Waals surface area contributed by atoms with Crippen LogP contribution in [0.15, 0.2) is 12.1 Å². The highest BCUT2D eigenvalue weighted by Crippen LogP contribution is 2.42. The molecule has 1 aromatic carbocycles. The first-order valence-corrected chi connectivity index (χ1v) is 8.00. The number of hydrogen-bond acceptors (Lipinski definition) is 3. The summed E-state index contributed by atoms with van der Waals surface area (Å²) in [5.41, 5.74) is 0.613. The summed E-state index contributed by atoms with van der Waals surface area (Å²) in [6.07, 6.45) is 2.19. The number of halogens is 2. The quantitative estimate of drug-likeness (QED) is 0.877. The lowest BCUT2D eigenvalue weighted by Crippen LogP contribution is -2.45. The molecule has 0 unspecified atom stereocenters. The number of likely N-dealkylation sites (tertiary alicyclic amines) is 1. The minimum Gasteiger partial charge on any atom is -0.508 e. The molecule has 2 atom stereocenters. The molecule has 3 rings (SSSR count). The standard InChI is InChI=1S/C15H18Cl2N2O2/c16-11-1-2-12(20)14(15(11)17)9-4-6-19(13(21)7-9)10-3-5-18-8-10/h1-2,9-10,18,20H,3-8H2/t9-,10-/m1/s1. The van der Waals surface area contributed by atoms with Gasteiger partial charge < -0.3 is 15.3 Å². The van der Waals surface area contributed by atoms with Gasteiger partial charge in [0.25, 0.3) is 0 Å². The number of carbonyl (C=O) groups excluding carboxylic acids is 1. The third kappa shape index (κ3) is 2.85. The minimum absolute atomic E-state index is 0.0608. The van der Waals surface area contributed by atoms with Crippen molar-refractivity contribution >= 4 is 29.1 Å². The Morgan fingerprint density at radius 2 is 2.10 bits per heavy atom. The number of amides is 1. The number of carbonyl (C=O) groups is 1. The van der Waals surface area contributed by atoms with E-state index < -0.39 is 0 Å². The van der Waals surface area contributed by atoms with E-state index in [1.165, 1.54) is 0 Å². The second-order valence-electron chi connectivity index (χ2n) is 5.72. The van der Waals surface area contributed by atoms with Gasteiger partial charge in [0.1, 0.15) is 5.75 Å². The Kier molecular flexibility index (Phi) is 4.29. The molecule has 2 saturated heterocycles. The van der Waals surface area contributed by atoms with Crippen LogP contribution in [0.4, 0.5) is 0 Å². The van der Waals surface area contributed by atoms with Gasteiger partial charge in [-0.15, -0.1) is 0 Å². The van der Waals surface area contributed by atoms with Crippen molar-refractivity contribution in [2.75, 3.05) is 19.6 Å². The van der Waals surface area contributed by atoms with E-state index in [0.29, 0.717) is 34.6 Å². The lowest BCUT2D eigenvalue weighted by atomic mass is 9.87. The fourth-order valence-electron chi connectivity index (χ4n) is 3.33. The molecule has 1 aromatic rings. The van der Waals surface area contributed by atoms with E-state index in [2.05, 4.69) is 5.32 Å². The normalized spacial score (nSPS) is 26.4. The van der Waals surface area contributed by atoms with Crippen molar-refractivity contribution in [3.8, 4) is 5.75 Å². The summed E-state index contributed by atoms with van der Waals surface area (Å²) < 4.78 is 0. The largest absolute Gasteiger partial charge is 0.508 e. The van der Waals surface area contributed by atoms with Gasteiger partial charge in [0, 0.05) is 31.1 Å². The Balaban J connectivity index is 1.78. The molecule has 0 radical (unpaired) electrons. The van der Waals surface area contributed by atoms with Crippen molar-refractivity contribution in [2.45, 2.75) is 31.2 Å². The number of rotatable bonds is 2. The Morgan fingerprint density at radius 3 is 2.76 bits per heavy atom. The molecule has 0 bridgehead atoms. The van der Waals surface area contributed by atoms with Crippen molar-refractivity contribution < 1.29 is 9.90 Å². The third-order valence-corrected chi connectivity index (χ3v) is 5.27. The topological polar surface area (TPSA) is 52.6 Å². The predicted molar refractivity (Wildman–Crippen MR) is 83.1 cm³/mol. The Morgan fingerprint density at radius 1 is 1.29 bits per heavy atom. The molecule has 4 nitrogen and oxygen atoms in total. The van der Waals surface area contributed by atoms with Crippen LogP contribution in [0, 0.1) is 0 Å². The van der Waals surface area contributed by atoms with Crippen LogP contribution in [0.25, 0.3) is 0 Å². The van der Waals surface area contributed by atoms with Crippen molar-refractivity contribution in [3.63, 3.8) is 0 Å². The molecule has 0 saturated carbocycles. The number of nitrogens with one attached hydrogen (secondary N) is 1. The fraction of sp³-hybridized carbons (Fsp3) is 0.533. The summed E-state index contributed by atoms with van der Waals surface area (Å²) in [7, 11) is 0. The lowest BCUT2D eigenvalue weighted by Gasteiger charge is -2.36. The number of piperidine rings is 1. The van der Waals surface area contributed by atoms with E-state index in [1.807, 2.05) is 4.90 Å². The molecule has 2 heterocycles. The molecule has 21 heavy (non-hydrogen) atoms. The van der Waals surface area contributed by atoms with Gasteiger partial charge in [-0.3, -0.25) is 4.79 Å². The maximum absolute atomic E-state index is 12.4. The smallest absolute Gasteiger partial charge is 0.223 e. The van der Waals surface area contributed by atoms with Crippen molar-refractivity contribution in [1.82, 2.24) is 10.2 Å². The summed E-state index contributed by atoms with van der Waals surface area (Å²) in [5.74, 6) is 0.197. The number of phenols is 1. The zero-order chi connectivity index (χ0) is 15.0. The van der Waals surface area contributed by atoms with E-state index in [9.17, 15) is 9.90 Å². The van der Waals surface area contributed by atoms with Crippen LogP contribution in [0.2, 0.25) is 10.0 Å². The lowest BCUT2D eigenvalue weighted by molar-refractivity contribution is -0.136. The van der Waals surface area contributed by atoms with Crippen LogP contribution >= 0.6 is 23.2 Å². The fourth-order valence-corrected chi connectivity index (χ4v) is 3.81. The summed E-state index contributed by atoms with van der Waals surface area (Å²) in [6.45, 7) is 2.55. The summed E-state index contributed by atoms with van der Waals surface area (Å²) in [6, 6.07) is 3.42. The molecular formula is C15H18Cl2N2O2. The first-order valence-electron chi connectivity index (χ1n) is 7.25. The van der Waals surface area contributed by atoms with Crippen LogP contribution in [0.3, 0.4) is 0 Å². The van der Waals surface area contributed by atoms with E-state index in [4.69, 9.17) is 23.2 Å². The first-order chi connectivity index (χ1) is 10.1. The molecule has 0 aliphatic carbocycles. The molecule has 2 aliphatic rings. The molecule has 0 spiro atoms. The molecule has 1 amide bonds. The second kappa shape index (κ2) is 6.03. The van der Waals surface area contributed by atoms with E-state index in [1.54, 1.807) is 12.1 Å². The Hall–Kier alpha value is -0.970. The van der Waals surface area contributed by atoms with Gasteiger partial charge in [-0.1, -0.05) is 23.2 Å². The van der Waals surface area contributed by atoms with Crippen molar-refractivity contribution in [2.24, 2.45) is 0 Å². The van der Waals surface area contributed by atoms with Gasteiger partial charge in [0.15, 0.2) is 0 Å². The number of phenolic OH excluding ortho intramolecular Hbond substituents is 1. The molecule has 114 valence electrons. The maximum atomic E-state index is 12.4. The van der Waals surface area contributed by atoms with Crippen LogP contribution in [0.5, 0.6) is 5.75 Å². The van der Waals surface area contributed by atoms with Crippen molar-refractivity contribution in [1.29, 1.82) is 0 Å². The summed E-state index contributed by atoms with van der Waals surface area (Å²) in [5, 5.41) is 14.1. The molecule has 6 heteroatoms. The highest BCUT2D eigenvalue weighted by molar-refractivity contribution is 6.42. The van der Waals surface area contributed by atoms with E-state index >= 15 is 0 Å². The molecule has 2 N–H and O–H groups in total. The van der Waals surface area contributed by atoms with Gasteiger partial charge in [-0.25, -0.2) is 0 Å². The van der Waals surface area contributed by atoms with Crippen molar-refractivity contribution in [3.05, 3.63) is 27.7 Å². The second-order valence-corrected chi connectivity index (χ2v) is 6.50. The van der Waals surface area contributed by atoms with Crippen LogP contribution < -0.4 is 5.32 Å². The Labute approximate surface area is 134 Å². The molecule has 0 aromatic heterocycles. The SMILES string of the molecule is O=C1C[C@H](c2c(O)ccc(Cl)c2Cl)CCN1[C@@H]1CCNC1. The number of benzene rings is 1. The van der Waals surface area contributed by atoms with E-state index in [-0.39, 0.29) is 17.6 Å². The van der Waals surface area contributed by atoms with Crippen LogP contribution in [0.1, 0.15) is 30.7 Å². The Bertz CT molecular complexity index is 559. The van der Waals surface area contributed by atoms with Crippen LogP contribution in [-0.2, 0) is 4.79 Å². The van der Waals surface area contributed by atoms with Gasteiger partial charge in [-0.05, 0) is 37.4 Å². The van der Waals surface area contributed by atoms with Gasteiger partial charge in [-0.2, -0.15) is 0 Å².